The third-order valence-electron chi connectivity index (χ3n) is 4.11. The number of aromatic nitrogens is 3. The molecule has 1 heterocycles. The van der Waals surface area contributed by atoms with Crippen LogP contribution in [0, 0.1) is 11.8 Å². The summed E-state index contributed by atoms with van der Waals surface area (Å²) >= 11 is 0. The van der Waals surface area contributed by atoms with Gasteiger partial charge in [-0.1, -0.05) is 20.3 Å². The topological polar surface area (TPSA) is 85.8 Å². The van der Waals surface area contributed by atoms with Crippen LogP contribution in [0.25, 0.3) is 0 Å². The van der Waals surface area contributed by atoms with Crippen molar-refractivity contribution in [3.8, 4) is 0 Å². The summed E-state index contributed by atoms with van der Waals surface area (Å²) in [4.78, 5) is 12.2. The van der Waals surface area contributed by atoms with Crippen molar-refractivity contribution < 1.29 is 4.79 Å². The van der Waals surface area contributed by atoms with Gasteiger partial charge in [-0.25, -0.2) is 0 Å². The third kappa shape index (κ3) is 5.11. The number of carbonyl (C=O) groups excluding carboxylic acids is 1. The molecule has 2 atom stereocenters. The Kier molecular flexibility index (Phi) is 9.64. The van der Waals surface area contributed by atoms with Crippen LogP contribution in [-0.2, 0) is 11.3 Å². The fraction of sp³-hybridized carbons (Fsp3) is 0.786. The maximum Gasteiger partial charge on any atom is 0.223 e. The van der Waals surface area contributed by atoms with Gasteiger partial charge in [0.05, 0.1) is 0 Å². The zero-order valence-corrected chi connectivity index (χ0v) is 14.8. The average molecular weight is 352 g/mol. The van der Waals surface area contributed by atoms with Crippen molar-refractivity contribution in [2.75, 3.05) is 13.1 Å². The summed E-state index contributed by atoms with van der Waals surface area (Å²) in [5.74, 6) is 1.91. The molecule has 0 bridgehead atoms. The van der Waals surface area contributed by atoms with Gasteiger partial charge in [-0.05, 0) is 25.3 Å². The van der Waals surface area contributed by atoms with Crippen LogP contribution in [0.15, 0.2) is 6.33 Å². The zero-order valence-electron chi connectivity index (χ0n) is 13.2. The first kappa shape index (κ1) is 21.1. The number of amides is 1. The van der Waals surface area contributed by atoms with Crippen LogP contribution in [0.4, 0.5) is 0 Å². The Morgan fingerprint density at radius 2 is 2.18 bits per heavy atom. The molecule has 1 amide bonds. The highest BCUT2D eigenvalue weighted by molar-refractivity contribution is 5.85. The van der Waals surface area contributed by atoms with Crippen LogP contribution in [0.1, 0.15) is 44.9 Å². The Labute approximate surface area is 144 Å². The second-order valence-electron chi connectivity index (χ2n) is 5.86. The summed E-state index contributed by atoms with van der Waals surface area (Å²) < 4.78 is 2.00. The van der Waals surface area contributed by atoms with Crippen LogP contribution in [0.5, 0.6) is 0 Å². The van der Waals surface area contributed by atoms with E-state index in [1.165, 1.54) is 0 Å². The lowest BCUT2D eigenvalue weighted by molar-refractivity contribution is -0.125. The Hall–Kier alpha value is -0.850. The normalized spacial score (nSPS) is 20.4. The number of carbonyl (C=O) groups is 1. The van der Waals surface area contributed by atoms with Crippen molar-refractivity contribution in [1.29, 1.82) is 0 Å². The monoisotopic (exact) mass is 351 g/mol. The van der Waals surface area contributed by atoms with Crippen LogP contribution in [-0.4, -0.2) is 33.8 Å². The minimum atomic E-state index is 0. The lowest BCUT2D eigenvalue weighted by Crippen LogP contribution is -2.36. The molecule has 0 radical (unpaired) electrons. The first-order valence-corrected chi connectivity index (χ1v) is 7.49. The van der Waals surface area contributed by atoms with Crippen molar-refractivity contribution in [1.82, 2.24) is 20.1 Å². The smallest absolute Gasteiger partial charge is 0.223 e. The summed E-state index contributed by atoms with van der Waals surface area (Å²) in [5, 5.41) is 11.1. The standard InChI is InChI=1S/C14H25N5O.2ClH/c1-10(2)13-18-17-9-19(13)7-6-16-14(20)12-5-3-4-11(12)8-15;;/h9-12H,3-8,15H2,1-2H3,(H,16,20);2*1H/t11-,12-;;/m1../s1. The average Bonchev–Trinajstić information content (AvgIpc) is 3.06. The van der Waals surface area contributed by atoms with E-state index in [4.69, 9.17) is 5.73 Å². The fourth-order valence-corrected chi connectivity index (χ4v) is 2.98. The minimum Gasteiger partial charge on any atom is -0.354 e. The number of halogens is 2. The molecular formula is C14H27Cl2N5O. The second kappa shape index (κ2) is 10.0. The summed E-state index contributed by atoms with van der Waals surface area (Å²) in [6.45, 7) is 6.12. The molecule has 1 aliphatic rings. The van der Waals surface area contributed by atoms with Crippen molar-refractivity contribution in [3.05, 3.63) is 12.2 Å². The molecule has 0 aromatic carbocycles. The van der Waals surface area contributed by atoms with Crippen molar-refractivity contribution in [2.45, 2.75) is 45.6 Å². The van der Waals surface area contributed by atoms with Crippen LogP contribution < -0.4 is 11.1 Å². The number of nitrogens with two attached hydrogens (primary N) is 1. The maximum absolute atomic E-state index is 12.2. The summed E-state index contributed by atoms with van der Waals surface area (Å²) in [6, 6.07) is 0. The Bertz CT molecular complexity index is 452. The highest BCUT2D eigenvalue weighted by Gasteiger charge is 2.31. The molecule has 0 aliphatic heterocycles. The van der Waals surface area contributed by atoms with E-state index in [0.717, 1.165) is 25.1 Å². The Morgan fingerprint density at radius 1 is 1.45 bits per heavy atom. The van der Waals surface area contributed by atoms with Gasteiger partial charge in [-0.2, -0.15) is 0 Å². The van der Waals surface area contributed by atoms with Crippen LogP contribution >= 0.6 is 24.8 Å². The molecule has 128 valence electrons. The van der Waals surface area contributed by atoms with E-state index < -0.39 is 0 Å². The number of nitrogens with one attached hydrogen (secondary N) is 1. The Balaban J connectivity index is 0.00000220. The molecule has 3 N–H and O–H groups in total. The van der Waals surface area contributed by atoms with Crippen molar-refractivity contribution >= 4 is 30.7 Å². The van der Waals surface area contributed by atoms with Crippen molar-refractivity contribution in [3.63, 3.8) is 0 Å². The predicted octanol–water partition coefficient (Wildman–Crippen LogP) is 1.74. The van der Waals surface area contributed by atoms with Gasteiger partial charge < -0.3 is 15.6 Å². The van der Waals surface area contributed by atoms with Gasteiger partial charge in [-0.3, -0.25) is 4.79 Å². The third-order valence-corrected chi connectivity index (χ3v) is 4.11. The van der Waals surface area contributed by atoms with E-state index in [2.05, 4.69) is 29.4 Å². The first-order chi connectivity index (χ1) is 9.63. The molecular weight excluding hydrogens is 325 g/mol. The summed E-state index contributed by atoms with van der Waals surface area (Å²) in [7, 11) is 0. The number of hydrogen-bond donors (Lipinski definition) is 2. The van der Waals surface area contributed by atoms with Gasteiger partial charge in [-0.15, -0.1) is 35.0 Å². The minimum absolute atomic E-state index is 0. The molecule has 1 fully saturated rings. The number of hydrogen-bond acceptors (Lipinski definition) is 4. The van der Waals surface area contributed by atoms with Gasteiger partial charge in [0, 0.05) is 24.9 Å². The van der Waals surface area contributed by atoms with Crippen LogP contribution in [0.2, 0.25) is 0 Å². The number of rotatable bonds is 6. The summed E-state index contributed by atoms with van der Waals surface area (Å²) in [6.07, 6.45) is 4.89. The first-order valence-electron chi connectivity index (χ1n) is 7.49. The molecule has 1 aromatic heterocycles. The SMILES string of the molecule is CC(C)c1nncn1CCNC(=O)[C@@H]1CCC[C@@H]1CN.Cl.Cl. The quantitative estimate of drug-likeness (QED) is 0.817. The Morgan fingerprint density at radius 3 is 2.82 bits per heavy atom. The van der Waals surface area contributed by atoms with Gasteiger partial charge >= 0.3 is 0 Å². The van der Waals surface area contributed by atoms with E-state index in [-0.39, 0.29) is 36.6 Å². The lowest BCUT2D eigenvalue weighted by Gasteiger charge is -2.17. The molecule has 2 rings (SSSR count). The van der Waals surface area contributed by atoms with Gasteiger partial charge in [0.25, 0.3) is 0 Å². The van der Waals surface area contributed by atoms with E-state index in [0.29, 0.717) is 31.5 Å². The molecule has 1 saturated carbocycles. The van der Waals surface area contributed by atoms with Crippen LogP contribution in [0.3, 0.4) is 0 Å². The molecule has 1 aromatic rings. The zero-order chi connectivity index (χ0) is 14.5. The van der Waals surface area contributed by atoms with Crippen molar-refractivity contribution in [2.24, 2.45) is 17.6 Å². The highest BCUT2D eigenvalue weighted by Crippen LogP contribution is 2.30. The molecule has 1 aliphatic carbocycles. The van der Waals surface area contributed by atoms with Gasteiger partial charge in [0.15, 0.2) is 0 Å². The summed E-state index contributed by atoms with van der Waals surface area (Å²) in [5.41, 5.74) is 5.72. The molecule has 6 nitrogen and oxygen atoms in total. The largest absolute Gasteiger partial charge is 0.354 e. The predicted molar refractivity (Wildman–Crippen MR) is 91.5 cm³/mol. The second-order valence-corrected chi connectivity index (χ2v) is 5.86. The van der Waals surface area contributed by atoms with E-state index in [9.17, 15) is 4.79 Å². The molecule has 0 spiro atoms. The highest BCUT2D eigenvalue weighted by atomic mass is 35.5. The van der Waals surface area contributed by atoms with E-state index >= 15 is 0 Å². The molecule has 0 saturated heterocycles. The maximum atomic E-state index is 12.2. The molecule has 0 unspecified atom stereocenters. The molecule has 22 heavy (non-hydrogen) atoms. The van der Waals surface area contributed by atoms with Gasteiger partial charge in [0.2, 0.25) is 5.91 Å². The molecule has 8 heteroatoms. The lowest BCUT2D eigenvalue weighted by atomic mass is 9.95. The van der Waals surface area contributed by atoms with E-state index in [1.54, 1.807) is 6.33 Å². The fourth-order valence-electron chi connectivity index (χ4n) is 2.98. The number of nitrogens with zero attached hydrogens (tertiary/aromatic N) is 3. The van der Waals surface area contributed by atoms with Gasteiger partial charge in [0.1, 0.15) is 12.2 Å². The van der Waals surface area contributed by atoms with E-state index in [1.807, 2.05) is 4.57 Å².